The van der Waals surface area contributed by atoms with E-state index in [2.05, 4.69) is 4.98 Å². The monoisotopic (exact) mass is 360 g/mol. The molecule has 3 rings (SSSR count). The maximum atomic E-state index is 12.2. The lowest BCUT2D eigenvalue weighted by Gasteiger charge is -2.10. The number of nitrogens with two attached hydrogens (primary N) is 1. The number of hydrogen-bond acceptors (Lipinski definition) is 6. The highest BCUT2D eigenvalue weighted by Crippen LogP contribution is 2.21. The minimum Gasteiger partial charge on any atom is -0.452 e. The van der Waals surface area contributed by atoms with Gasteiger partial charge in [0.15, 0.2) is 12.2 Å². The summed E-state index contributed by atoms with van der Waals surface area (Å²) in [6.07, 6.45) is 0. The van der Waals surface area contributed by atoms with Crippen molar-refractivity contribution in [3.05, 3.63) is 59.0 Å². The third-order valence-corrected chi connectivity index (χ3v) is 4.86. The molecular formula is C17H16N2O5S. The van der Waals surface area contributed by atoms with Crippen LogP contribution >= 0.6 is 0 Å². The van der Waals surface area contributed by atoms with Crippen LogP contribution in [0.25, 0.3) is 11.1 Å². The van der Waals surface area contributed by atoms with E-state index in [0.717, 1.165) is 0 Å². The van der Waals surface area contributed by atoms with Gasteiger partial charge < -0.3 is 9.15 Å². The zero-order valence-corrected chi connectivity index (χ0v) is 14.5. The van der Waals surface area contributed by atoms with E-state index in [1.54, 1.807) is 32.0 Å². The molecule has 0 saturated carbocycles. The Morgan fingerprint density at radius 2 is 1.96 bits per heavy atom. The molecule has 2 N–H and O–H groups in total. The Hall–Kier alpha value is -2.71. The molecular weight excluding hydrogens is 344 g/mol. The summed E-state index contributed by atoms with van der Waals surface area (Å²) >= 11 is 0. The minimum absolute atomic E-state index is 0.0960. The SMILES string of the molecule is Cc1cc(C(=O)OCc2nc3ccccc3o2)cc(S(N)(=O)=O)c1C. The topological polar surface area (TPSA) is 112 Å². The fourth-order valence-electron chi connectivity index (χ4n) is 2.43. The van der Waals surface area contributed by atoms with Gasteiger partial charge in [-0.05, 0) is 49.2 Å². The van der Waals surface area contributed by atoms with Crippen LogP contribution in [0.1, 0.15) is 27.4 Å². The van der Waals surface area contributed by atoms with Crippen molar-refractivity contribution in [2.24, 2.45) is 5.14 Å². The van der Waals surface area contributed by atoms with Crippen LogP contribution in [0.4, 0.5) is 0 Å². The fraction of sp³-hybridized carbons (Fsp3) is 0.176. The Labute approximate surface area is 144 Å². The second-order valence-electron chi connectivity index (χ2n) is 5.61. The number of ether oxygens (including phenoxy) is 1. The lowest BCUT2D eigenvalue weighted by Crippen LogP contribution is -2.16. The molecule has 0 fully saturated rings. The van der Waals surface area contributed by atoms with Crippen LogP contribution in [0.2, 0.25) is 0 Å². The molecule has 0 unspecified atom stereocenters. The van der Waals surface area contributed by atoms with E-state index >= 15 is 0 Å². The summed E-state index contributed by atoms with van der Waals surface area (Å²) in [6.45, 7) is 3.16. The number of sulfonamides is 1. The number of hydrogen-bond donors (Lipinski definition) is 1. The van der Waals surface area contributed by atoms with Gasteiger partial charge in [-0.2, -0.15) is 0 Å². The molecule has 1 heterocycles. The van der Waals surface area contributed by atoms with Gasteiger partial charge in [0.1, 0.15) is 5.52 Å². The molecule has 3 aromatic rings. The Kier molecular flexibility index (Phi) is 4.32. The highest BCUT2D eigenvalue weighted by Gasteiger charge is 2.19. The molecule has 25 heavy (non-hydrogen) atoms. The van der Waals surface area contributed by atoms with E-state index in [9.17, 15) is 13.2 Å². The number of carbonyl (C=O) groups excluding carboxylic acids is 1. The van der Waals surface area contributed by atoms with E-state index in [-0.39, 0.29) is 23.0 Å². The summed E-state index contributed by atoms with van der Waals surface area (Å²) in [5.74, 6) is -0.430. The van der Waals surface area contributed by atoms with Crippen molar-refractivity contribution in [2.75, 3.05) is 0 Å². The average Bonchev–Trinajstić information content (AvgIpc) is 2.96. The van der Waals surface area contributed by atoms with E-state index in [1.807, 2.05) is 12.1 Å². The van der Waals surface area contributed by atoms with Gasteiger partial charge in [-0.3, -0.25) is 0 Å². The highest BCUT2D eigenvalue weighted by molar-refractivity contribution is 7.89. The number of oxazole rings is 1. The zero-order valence-electron chi connectivity index (χ0n) is 13.6. The highest BCUT2D eigenvalue weighted by atomic mass is 32.2. The molecule has 0 bridgehead atoms. The number of rotatable bonds is 4. The Morgan fingerprint density at radius 3 is 2.64 bits per heavy atom. The molecule has 0 spiro atoms. The number of carbonyl (C=O) groups is 1. The third kappa shape index (κ3) is 3.54. The molecule has 2 aromatic carbocycles. The molecule has 0 radical (unpaired) electrons. The number of primary sulfonamides is 1. The first-order valence-electron chi connectivity index (χ1n) is 7.41. The predicted molar refractivity (Wildman–Crippen MR) is 90.4 cm³/mol. The molecule has 0 saturated heterocycles. The van der Waals surface area contributed by atoms with Gasteiger partial charge in [-0.1, -0.05) is 12.1 Å². The summed E-state index contributed by atoms with van der Waals surface area (Å²) in [4.78, 5) is 16.4. The first-order valence-corrected chi connectivity index (χ1v) is 8.96. The first-order chi connectivity index (χ1) is 11.8. The number of aryl methyl sites for hydroxylation is 1. The number of benzene rings is 2. The van der Waals surface area contributed by atoms with Gasteiger partial charge in [0.25, 0.3) is 0 Å². The Morgan fingerprint density at radius 1 is 1.24 bits per heavy atom. The smallest absolute Gasteiger partial charge is 0.338 e. The number of aromatic nitrogens is 1. The van der Waals surface area contributed by atoms with Crippen molar-refractivity contribution in [3.8, 4) is 0 Å². The molecule has 0 aliphatic carbocycles. The van der Waals surface area contributed by atoms with E-state index in [4.69, 9.17) is 14.3 Å². The number of fused-ring (bicyclic) bond motifs is 1. The van der Waals surface area contributed by atoms with Gasteiger partial charge in [-0.25, -0.2) is 23.3 Å². The lowest BCUT2D eigenvalue weighted by atomic mass is 10.1. The number of para-hydroxylation sites is 2. The van der Waals surface area contributed by atoms with Crippen LogP contribution in [-0.4, -0.2) is 19.4 Å². The molecule has 0 amide bonds. The second-order valence-corrected chi connectivity index (χ2v) is 7.14. The van der Waals surface area contributed by atoms with Crippen molar-refractivity contribution in [2.45, 2.75) is 25.3 Å². The summed E-state index contributed by atoms with van der Waals surface area (Å²) in [5, 5.41) is 5.20. The summed E-state index contributed by atoms with van der Waals surface area (Å²) in [6, 6.07) is 9.95. The van der Waals surface area contributed by atoms with E-state index < -0.39 is 16.0 Å². The molecule has 0 atom stereocenters. The number of nitrogens with zero attached hydrogens (tertiary/aromatic N) is 1. The van der Waals surface area contributed by atoms with Crippen LogP contribution in [0, 0.1) is 13.8 Å². The molecule has 0 aliphatic heterocycles. The lowest BCUT2D eigenvalue weighted by molar-refractivity contribution is 0.0440. The fourth-order valence-corrected chi connectivity index (χ4v) is 3.31. The van der Waals surface area contributed by atoms with Gasteiger partial charge in [0.2, 0.25) is 15.9 Å². The maximum absolute atomic E-state index is 12.2. The van der Waals surface area contributed by atoms with Gasteiger partial charge in [-0.15, -0.1) is 0 Å². The van der Waals surface area contributed by atoms with E-state index in [1.165, 1.54) is 6.07 Å². The summed E-state index contributed by atoms with van der Waals surface area (Å²) in [7, 11) is -3.94. The Balaban J connectivity index is 1.82. The van der Waals surface area contributed by atoms with Gasteiger partial charge >= 0.3 is 5.97 Å². The summed E-state index contributed by atoms with van der Waals surface area (Å²) in [5.41, 5.74) is 2.48. The zero-order chi connectivity index (χ0) is 18.2. The largest absolute Gasteiger partial charge is 0.452 e. The molecule has 7 nitrogen and oxygen atoms in total. The van der Waals surface area contributed by atoms with Gasteiger partial charge in [0, 0.05) is 0 Å². The average molecular weight is 360 g/mol. The normalized spacial score (nSPS) is 11.6. The van der Waals surface area contributed by atoms with Crippen LogP contribution in [0.3, 0.4) is 0 Å². The van der Waals surface area contributed by atoms with Crippen molar-refractivity contribution in [1.82, 2.24) is 4.98 Å². The van der Waals surface area contributed by atoms with E-state index in [0.29, 0.717) is 22.2 Å². The van der Waals surface area contributed by atoms with Crippen molar-refractivity contribution in [1.29, 1.82) is 0 Å². The quantitative estimate of drug-likeness (QED) is 0.715. The van der Waals surface area contributed by atoms with Crippen molar-refractivity contribution >= 4 is 27.1 Å². The second kappa shape index (κ2) is 6.30. The molecule has 1 aromatic heterocycles. The standard InChI is InChI=1S/C17H16N2O5S/c1-10-7-12(8-15(11(10)2)25(18,21)22)17(20)23-9-16-19-13-5-3-4-6-14(13)24-16/h3-8H,9H2,1-2H3,(H2,18,21,22). The maximum Gasteiger partial charge on any atom is 0.338 e. The minimum atomic E-state index is -3.94. The van der Waals surface area contributed by atoms with Crippen LogP contribution in [-0.2, 0) is 21.4 Å². The van der Waals surface area contributed by atoms with Gasteiger partial charge in [0.05, 0.1) is 10.5 Å². The predicted octanol–water partition coefficient (Wildman–Crippen LogP) is 2.45. The van der Waals surface area contributed by atoms with Crippen molar-refractivity contribution < 1.29 is 22.4 Å². The third-order valence-electron chi connectivity index (χ3n) is 3.83. The first kappa shape index (κ1) is 17.1. The molecule has 0 aliphatic rings. The van der Waals surface area contributed by atoms with Crippen LogP contribution in [0.15, 0.2) is 45.7 Å². The molecule has 130 valence electrons. The Bertz CT molecular complexity index is 1040. The summed E-state index contributed by atoms with van der Waals surface area (Å²) < 4.78 is 34.0. The van der Waals surface area contributed by atoms with Crippen molar-refractivity contribution in [3.63, 3.8) is 0 Å². The number of esters is 1. The molecule has 8 heteroatoms. The van der Waals surface area contributed by atoms with Crippen LogP contribution in [0.5, 0.6) is 0 Å². The van der Waals surface area contributed by atoms with Crippen LogP contribution < -0.4 is 5.14 Å².